The molecule has 0 amide bonds. The van der Waals surface area contributed by atoms with Crippen LogP contribution in [0.25, 0.3) is 5.70 Å². The lowest BCUT2D eigenvalue weighted by Crippen LogP contribution is -2.50. The third kappa shape index (κ3) is 6.68. The van der Waals surface area contributed by atoms with Gasteiger partial charge in [0.15, 0.2) is 5.75 Å². The van der Waals surface area contributed by atoms with Gasteiger partial charge in [-0.3, -0.25) is 14.6 Å². The van der Waals surface area contributed by atoms with Crippen molar-refractivity contribution >= 4 is 33.8 Å². The van der Waals surface area contributed by atoms with E-state index in [4.69, 9.17) is 4.74 Å². The third-order valence-electron chi connectivity index (χ3n) is 6.79. The molecule has 9 nitrogen and oxygen atoms in total. The van der Waals surface area contributed by atoms with Crippen LogP contribution in [0.15, 0.2) is 69.8 Å². The van der Waals surface area contributed by atoms with E-state index < -0.39 is 10.0 Å². The summed E-state index contributed by atoms with van der Waals surface area (Å²) >= 11 is 0. The SMILES string of the molecule is C=N/C(CCC)=C(/C)S(=O)(=O)Nc1ccc(C(=C)N2CCN(Cc3cccc(N=O)c3OC)CC2C)cc1. The van der Waals surface area contributed by atoms with Crippen molar-refractivity contribution in [1.29, 1.82) is 0 Å². The smallest absolute Gasteiger partial charge is 0.259 e. The van der Waals surface area contributed by atoms with Gasteiger partial charge >= 0.3 is 0 Å². The lowest BCUT2D eigenvalue weighted by Gasteiger charge is -2.42. The van der Waals surface area contributed by atoms with E-state index in [-0.39, 0.29) is 10.9 Å². The molecule has 1 saturated heterocycles. The lowest BCUT2D eigenvalue weighted by molar-refractivity contribution is 0.122. The summed E-state index contributed by atoms with van der Waals surface area (Å²) in [6.45, 7) is 16.5. The highest BCUT2D eigenvalue weighted by Gasteiger charge is 2.26. The molecule has 2 aromatic rings. The summed E-state index contributed by atoms with van der Waals surface area (Å²) < 4.78 is 33.7. The maximum Gasteiger partial charge on any atom is 0.259 e. The number of nitrogens with zero attached hydrogens (tertiary/aromatic N) is 4. The van der Waals surface area contributed by atoms with Gasteiger partial charge in [-0.15, -0.1) is 4.91 Å². The number of aliphatic imine (C=N–C) groups is 1. The van der Waals surface area contributed by atoms with Crippen LogP contribution in [-0.4, -0.2) is 57.7 Å². The zero-order chi connectivity index (χ0) is 27.9. The van der Waals surface area contributed by atoms with E-state index >= 15 is 0 Å². The second-order valence-corrected chi connectivity index (χ2v) is 11.2. The normalized spacial score (nSPS) is 16.9. The molecule has 0 radical (unpaired) electrons. The summed E-state index contributed by atoms with van der Waals surface area (Å²) in [6.07, 6.45) is 1.33. The number of hydrogen-bond donors (Lipinski definition) is 1. The Bertz CT molecular complexity index is 1310. The van der Waals surface area contributed by atoms with Gasteiger partial charge in [0.05, 0.1) is 17.7 Å². The molecule has 1 aliphatic heterocycles. The first-order valence-electron chi connectivity index (χ1n) is 12.6. The molecule has 10 heteroatoms. The molecule has 1 fully saturated rings. The minimum atomic E-state index is -3.73. The van der Waals surface area contributed by atoms with Crippen molar-refractivity contribution in [2.24, 2.45) is 10.2 Å². The zero-order valence-corrected chi connectivity index (χ0v) is 23.4. The molecular formula is C28H37N5O4S. The van der Waals surface area contributed by atoms with E-state index in [0.29, 0.717) is 35.8 Å². The van der Waals surface area contributed by atoms with Crippen LogP contribution in [0.3, 0.4) is 0 Å². The largest absolute Gasteiger partial charge is 0.494 e. The van der Waals surface area contributed by atoms with E-state index in [1.54, 1.807) is 32.2 Å². The number of piperazine rings is 1. The average Bonchev–Trinajstić information content (AvgIpc) is 2.91. The number of nitrogens with one attached hydrogen (secondary N) is 1. The fourth-order valence-electron chi connectivity index (χ4n) is 4.71. The summed E-state index contributed by atoms with van der Waals surface area (Å²) in [5, 5.41) is 3.07. The van der Waals surface area contributed by atoms with E-state index in [1.807, 2.05) is 31.2 Å². The summed E-state index contributed by atoms with van der Waals surface area (Å²) in [4.78, 5) is 19.8. The summed E-state index contributed by atoms with van der Waals surface area (Å²) in [5.41, 5.74) is 3.99. The monoisotopic (exact) mass is 539 g/mol. The third-order valence-corrected chi connectivity index (χ3v) is 8.33. The minimum absolute atomic E-state index is 0.182. The average molecular weight is 540 g/mol. The minimum Gasteiger partial charge on any atom is -0.494 e. The maximum absolute atomic E-state index is 12.8. The molecule has 1 atom stereocenters. The number of para-hydroxylation sites is 1. The quantitative estimate of drug-likeness (QED) is 0.272. The van der Waals surface area contributed by atoms with Gasteiger partial charge in [0.25, 0.3) is 10.0 Å². The van der Waals surface area contributed by atoms with Gasteiger partial charge in [-0.1, -0.05) is 44.2 Å². The molecule has 1 unspecified atom stereocenters. The molecule has 38 heavy (non-hydrogen) atoms. The Morgan fingerprint density at radius 2 is 1.89 bits per heavy atom. The fourth-order valence-corrected chi connectivity index (χ4v) is 5.78. The first-order chi connectivity index (χ1) is 18.1. The van der Waals surface area contributed by atoms with Crippen molar-refractivity contribution in [1.82, 2.24) is 9.80 Å². The van der Waals surface area contributed by atoms with Crippen LogP contribution < -0.4 is 9.46 Å². The predicted octanol–water partition coefficient (Wildman–Crippen LogP) is 5.74. The second-order valence-electron chi connectivity index (χ2n) is 9.38. The Hall–Kier alpha value is -3.50. The standard InChI is InChI=1S/C28H37N5O4S/c1-7-9-26(29-5)22(4)38(35,36)31-25-14-12-23(13-15-25)21(3)33-17-16-32(18-20(33)2)19-24-10-8-11-27(30-34)28(24)37-6/h8,10-15,20,31H,3,5,7,9,16-19H2,1-2,4,6H3/b26-22-. The lowest BCUT2D eigenvalue weighted by atomic mass is 10.1. The highest BCUT2D eigenvalue weighted by atomic mass is 32.2. The van der Waals surface area contributed by atoms with Gasteiger partial charge in [-0.25, -0.2) is 8.42 Å². The Morgan fingerprint density at radius 3 is 2.47 bits per heavy atom. The van der Waals surface area contributed by atoms with Gasteiger partial charge in [0.1, 0.15) is 5.69 Å². The Balaban J connectivity index is 1.65. The number of methoxy groups -OCH3 is 1. The molecule has 2 aromatic carbocycles. The molecule has 3 rings (SSSR count). The van der Waals surface area contributed by atoms with Crippen molar-refractivity contribution in [3.8, 4) is 5.75 Å². The molecule has 0 spiro atoms. The first kappa shape index (κ1) is 29.1. The van der Waals surface area contributed by atoms with Crippen molar-refractivity contribution in [3.63, 3.8) is 0 Å². The number of benzene rings is 2. The first-order valence-corrected chi connectivity index (χ1v) is 14.1. The number of rotatable bonds is 12. The van der Waals surface area contributed by atoms with Gasteiger partial charge in [-0.2, -0.15) is 0 Å². The number of allylic oxidation sites excluding steroid dienone is 2. The van der Waals surface area contributed by atoms with Gasteiger partial charge in [0, 0.05) is 49.2 Å². The highest BCUT2D eigenvalue weighted by molar-refractivity contribution is 7.96. The summed E-state index contributed by atoms with van der Waals surface area (Å²) in [5.74, 6) is 0.519. The number of sulfonamides is 1. The van der Waals surface area contributed by atoms with Crippen molar-refractivity contribution in [2.75, 3.05) is 31.5 Å². The summed E-state index contributed by atoms with van der Waals surface area (Å²) in [6, 6.07) is 12.9. The Morgan fingerprint density at radius 1 is 1.18 bits per heavy atom. The van der Waals surface area contributed by atoms with Gasteiger partial charge in [0.2, 0.25) is 0 Å². The molecule has 1 N–H and O–H groups in total. The second kappa shape index (κ2) is 12.8. The Kier molecular flexibility index (Phi) is 9.82. The number of anilines is 1. The van der Waals surface area contributed by atoms with E-state index in [2.05, 4.69) is 44.9 Å². The fraction of sp³-hybridized carbons (Fsp3) is 0.393. The van der Waals surface area contributed by atoms with E-state index in [1.165, 1.54) is 0 Å². The molecular weight excluding hydrogens is 502 g/mol. The highest BCUT2D eigenvalue weighted by Crippen LogP contribution is 2.33. The Labute approximate surface area is 225 Å². The van der Waals surface area contributed by atoms with Crippen molar-refractivity contribution in [2.45, 2.75) is 46.2 Å². The molecule has 0 bridgehead atoms. The molecule has 0 aliphatic carbocycles. The van der Waals surface area contributed by atoms with Crippen LogP contribution >= 0.6 is 0 Å². The van der Waals surface area contributed by atoms with Gasteiger partial charge < -0.3 is 9.64 Å². The van der Waals surface area contributed by atoms with Crippen LogP contribution in [0.4, 0.5) is 11.4 Å². The van der Waals surface area contributed by atoms with E-state index in [0.717, 1.165) is 42.9 Å². The van der Waals surface area contributed by atoms with Crippen LogP contribution in [0, 0.1) is 4.91 Å². The summed E-state index contributed by atoms with van der Waals surface area (Å²) in [7, 11) is -2.18. The van der Waals surface area contributed by atoms with Crippen LogP contribution in [-0.2, 0) is 16.6 Å². The van der Waals surface area contributed by atoms with Crippen LogP contribution in [0.2, 0.25) is 0 Å². The van der Waals surface area contributed by atoms with Crippen molar-refractivity contribution in [3.05, 3.63) is 75.7 Å². The van der Waals surface area contributed by atoms with Crippen molar-refractivity contribution < 1.29 is 13.2 Å². The van der Waals surface area contributed by atoms with Crippen LogP contribution in [0.1, 0.15) is 44.7 Å². The molecule has 0 saturated carbocycles. The number of hydrogen-bond acceptors (Lipinski definition) is 8. The molecule has 1 aliphatic rings. The predicted molar refractivity (Wildman–Crippen MR) is 155 cm³/mol. The zero-order valence-electron chi connectivity index (χ0n) is 22.6. The molecule has 1 heterocycles. The number of ether oxygens (including phenoxy) is 1. The topological polar surface area (TPSA) is 104 Å². The number of nitroso groups, excluding NO2 is 1. The maximum atomic E-state index is 12.8. The van der Waals surface area contributed by atoms with E-state index in [9.17, 15) is 13.3 Å². The molecule has 0 aromatic heterocycles. The van der Waals surface area contributed by atoms with Crippen LogP contribution in [0.5, 0.6) is 5.75 Å². The molecule has 204 valence electrons. The van der Waals surface area contributed by atoms with Gasteiger partial charge in [-0.05, 0) is 55.9 Å².